The number of aromatic nitrogens is 4. The van der Waals surface area contributed by atoms with Crippen LogP contribution in [0.2, 0.25) is 0 Å². The molecule has 0 saturated carbocycles. The lowest BCUT2D eigenvalue weighted by Gasteiger charge is -2.11. The fourth-order valence-corrected chi connectivity index (χ4v) is 2.82. The quantitative estimate of drug-likeness (QED) is 0.509. The summed E-state index contributed by atoms with van der Waals surface area (Å²) in [4.78, 5) is 12.1. The molecule has 6 nitrogen and oxygen atoms in total. The predicted octanol–water partition coefficient (Wildman–Crippen LogP) is 2.53. The molecule has 3 rings (SSSR count). The first-order chi connectivity index (χ1) is 12.0. The molecule has 0 unspecified atom stereocenters. The predicted molar refractivity (Wildman–Crippen MR) is 96.7 cm³/mol. The number of nitrogens with two attached hydrogens (primary N) is 1. The summed E-state index contributed by atoms with van der Waals surface area (Å²) in [6, 6.07) is 10.5. The molecule has 0 aliphatic carbocycles. The Hall–Kier alpha value is -2.54. The first-order valence-electron chi connectivity index (χ1n) is 8.50. The van der Waals surface area contributed by atoms with Crippen LogP contribution in [0.25, 0.3) is 11.2 Å². The lowest BCUT2D eigenvalue weighted by Crippen LogP contribution is -2.24. The van der Waals surface area contributed by atoms with Gasteiger partial charge in [-0.05, 0) is 18.5 Å². The molecule has 3 N–H and O–H groups in total. The van der Waals surface area contributed by atoms with Crippen LogP contribution in [0.1, 0.15) is 31.7 Å². The Kier molecular flexibility index (Phi) is 5.23. The Morgan fingerprint density at radius 3 is 2.64 bits per heavy atom. The molecule has 0 radical (unpaired) electrons. The normalized spacial score (nSPS) is 11.5. The summed E-state index contributed by atoms with van der Waals surface area (Å²) in [5.41, 5.74) is 7.90. The molecule has 0 fully saturated rings. The number of halogens is 1. The van der Waals surface area contributed by atoms with Gasteiger partial charge in [0, 0.05) is 19.0 Å². The van der Waals surface area contributed by atoms with E-state index >= 15 is 0 Å². The van der Waals surface area contributed by atoms with Gasteiger partial charge in [-0.2, -0.15) is 14.4 Å². The number of hydrogen-bond donors (Lipinski definition) is 2. The van der Waals surface area contributed by atoms with Crippen LogP contribution in [0.4, 0.5) is 10.2 Å². The number of imidazole rings is 1. The third-order valence-electron chi connectivity index (χ3n) is 3.99. The van der Waals surface area contributed by atoms with Gasteiger partial charge in [0.1, 0.15) is 5.82 Å². The molecule has 0 atom stereocenters. The minimum Gasteiger partial charge on any atom is -0.382 e. The molecule has 25 heavy (non-hydrogen) atoms. The number of hydrogen-bond acceptors (Lipinski definition) is 5. The van der Waals surface area contributed by atoms with Crippen LogP contribution in [-0.2, 0) is 13.0 Å². The number of nitrogens with zero attached hydrogens (tertiary/aromatic N) is 4. The highest BCUT2D eigenvalue weighted by Gasteiger charge is 2.16. The average molecular weight is 342 g/mol. The number of nitrogens with one attached hydrogen (secondary N) is 1. The molecule has 2 heterocycles. The van der Waals surface area contributed by atoms with E-state index in [-0.39, 0.29) is 5.82 Å². The molecule has 0 saturated heterocycles. The van der Waals surface area contributed by atoms with Crippen molar-refractivity contribution >= 4 is 17.0 Å². The summed E-state index contributed by atoms with van der Waals surface area (Å²) in [6.45, 7) is 5.77. The summed E-state index contributed by atoms with van der Waals surface area (Å²) in [7, 11) is 0. The van der Waals surface area contributed by atoms with Crippen LogP contribution >= 0.6 is 0 Å². The van der Waals surface area contributed by atoms with E-state index in [0.717, 1.165) is 24.4 Å². The van der Waals surface area contributed by atoms with Gasteiger partial charge in [-0.15, -0.1) is 0 Å². The SMILES string of the molecule is CC(C)NCCCn1c(Cc2ccccc2)nc2c(N)nc(F)nc21. The average Bonchev–Trinajstić information content (AvgIpc) is 2.90. The monoisotopic (exact) mass is 342 g/mol. The van der Waals surface area contributed by atoms with E-state index in [1.165, 1.54) is 0 Å². The van der Waals surface area contributed by atoms with Gasteiger partial charge in [0.15, 0.2) is 17.0 Å². The van der Waals surface area contributed by atoms with Gasteiger partial charge in [0.2, 0.25) is 0 Å². The number of benzene rings is 1. The van der Waals surface area contributed by atoms with Gasteiger partial charge < -0.3 is 15.6 Å². The number of nitrogen functional groups attached to an aromatic ring is 1. The molecule has 0 aliphatic heterocycles. The van der Waals surface area contributed by atoms with E-state index in [0.29, 0.717) is 30.2 Å². The minimum atomic E-state index is -0.822. The molecule has 0 bridgehead atoms. The van der Waals surface area contributed by atoms with Crippen molar-refractivity contribution in [2.75, 3.05) is 12.3 Å². The second-order valence-corrected chi connectivity index (χ2v) is 6.35. The van der Waals surface area contributed by atoms with E-state index in [1.54, 1.807) is 0 Å². The third-order valence-corrected chi connectivity index (χ3v) is 3.99. The zero-order valence-electron chi connectivity index (χ0n) is 14.5. The van der Waals surface area contributed by atoms with Crippen LogP contribution in [0.3, 0.4) is 0 Å². The topological polar surface area (TPSA) is 81.7 Å². The van der Waals surface area contributed by atoms with Crippen molar-refractivity contribution in [3.63, 3.8) is 0 Å². The van der Waals surface area contributed by atoms with E-state index in [9.17, 15) is 4.39 Å². The Balaban J connectivity index is 1.93. The number of aryl methyl sites for hydroxylation is 1. The number of rotatable bonds is 7. The van der Waals surface area contributed by atoms with Gasteiger partial charge in [0.25, 0.3) is 0 Å². The first kappa shape index (κ1) is 17.3. The third kappa shape index (κ3) is 4.11. The van der Waals surface area contributed by atoms with Gasteiger partial charge in [-0.3, -0.25) is 0 Å². The van der Waals surface area contributed by atoms with Gasteiger partial charge >= 0.3 is 6.08 Å². The number of anilines is 1. The smallest absolute Gasteiger partial charge is 0.312 e. The molecule has 0 spiro atoms. The molecular weight excluding hydrogens is 319 g/mol. The molecule has 1 aromatic carbocycles. The molecular formula is C18H23FN6. The van der Waals surface area contributed by atoms with Crippen molar-refractivity contribution in [1.82, 2.24) is 24.8 Å². The van der Waals surface area contributed by atoms with Crippen molar-refractivity contribution in [3.8, 4) is 0 Å². The standard InChI is InChI=1S/C18H23FN6/c1-12(2)21-9-6-10-25-14(11-13-7-4-3-5-8-13)22-15-16(20)23-18(19)24-17(15)25/h3-5,7-8,12,21H,6,9-11H2,1-2H3,(H2,20,23,24). The summed E-state index contributed by atoms with van der Waals surface area (Å²) < 4.78 is 15.6. The Morgan fingerprint density at radius 2 is 1.92 bits per heavy atom. The van der Waals surface area contributed by atoms with Crippen LogP contribution in [0.5, 0.6) is 0 Å². The second-order valence-electron chi connectivity index (χ2n) is 6.35. The van der Waals surface area contributed by atoms with Gasteiger partial charge in [0.05, 0.1) is 0 Å². The Labute approximate surface area is 146 Å². The van der Waals surface area contributed by atoms with E-state index < -0.39 is 6.08 Å². The second kappa shape index (κ2) is 7.57. The summed E-state index contributed by atoms with van der Waals surface area (Å²) >= 11 is 0. The zero-order valence-corrected chi connectivity index (χ0v) is 14.5. The maximum atomic E-state index is 13.7. The molecule has 7 heteroatoms. The van der Waals surface area contributed by atoms with E-state index in [2.05, 4.69) is 34.1 Å². The Bertz CT molecular complexity index is 844. The highest BCUT2D eigenvalue weighted by atomic mass is 19.1. The highest BCUT2D eigenvalue weighted by molar-refractivity contribution is 5.82. The Morgan fingerprint density at radius 1 is 1.16 bits per heavy atom. The molecule has 3 aromatic rings. The first-order valence-corrected chi connectivity index (χ1v) is 8.50. The van der Waals surface area contributed by atoms with E-state index in [1.807, 2.05) is 34.9 Å². The lowest BCUT2D eigenvalue weighted by atomic mass is 10.1. The van der Waals surface area contributed by atoms with Crippen molar-refractivity contribution in [2.24, 2.45) is 0 Å². The van der Waals surface area contributed by atoms with Crippen molar-refractivity contribution < 1.29 is 4.39 Å². The van der Waals surface area contributed by atoms with Crippen LogP contribution < -0.4 is 11.1 Å². The summed E-state index contributed by atoms with van der Waals surface area (Å²) in [5.74, 6) is 0.896. The molecule has 2 aromatic heterocycles. The van der Waals surface area contributed by atoms with E-state index in [4.69, 9.17) is 5.73 Å². The molecule has 0 aliphatic rings. The van der Waals surface area contributed by atoms with Gasteiger partial charge in [-0.1, -0.05) is 44.2 Å². The largest absolute Gasteiger partial charge is 0.382 e. The van der Waals surface area contributed by atoms with Crippen LogP contribution in [0, 0.1) is 6.08 Å². The van der Waals surface area contributed by atoms with Crippen LogP contribution in [-0.4, -0.2) is 32.1 Å². The summed E-state index contributed by atoms with van der Waals surface area (Å²) in [5, 5.41) is 3.38. The molecule has 132 valence electrons. The highest BCUT2D eigenvalue weighted by Crippen LogP contribution is 2.21. The fraction of sp³-hybridized carbons (Fsp3) is 0.389. The maximum absolute atomic E-state index is 13.7. The fourth-order valence-electron chi connectivity index (χ4n) is 2.82. The zero-order chi connectivity index (χ0) is 17.8. The maximum Gasteiger partial charge on any atom is 0.312 e. The lowest BCUT2D eigenvalue weighted by molar-refractivity contribution is 0.525. The van der Waals surface area contributed by atoms with Crippen LogP contribution in [0.15, 0.2) is 30.3 Å². The van der Waals surface area contributed by atoms with Crippen molar-refractivity contribution in [1.29, 1.82) is 0 Å². The minimum absolute atomic E-state index is 0.0795. The van der Waals surface area contributed by atoms with Crippen molar-refractivity contribution in [2.45, 2.75) is 39.3 Å². The number of fused-ring (bicyclic) bond motifs is 1. The van der Waals surface area contributed by atoms with Gasteiger partial charge in [-0.25, -0.2) is 4.98 Å². The van der Waals surface area contributed by atoms with Crippen molar-refractivity contribution in [3.05, 3.63) is 47.8 Å². The molecule has 0 amide bonds. The summed E-state index contributed by atoms with van der Waals surface area (Å²) in [6.07, 6.45) is 0.699.